The zero-order chi connectivity index (χ0) is 32.5. The van der Waals surface area contributed by atoms with E-state index in [0.29, 0.717) is 38.0 Å². The molecule has 5 N–H and O–H groups in total. The molecule has 0 spiro atoms. The van der Waals surface area contributed by atoms with Crippen molar-refractivity contribution in [3.63, 3.8) is 0 Å². The van der Waals surface area contributed by atoms with Gasteiger partial charge in [0, 0.05) is 19.5 Å². The third-order valence-electron chi connectivity index (χ3n) is 12.8. The van der Waals surface area contributed by atoms with Crippen LogP contribution in [-0.2, 0) is 14.3 Å². The summed E-state index contributed by atoms with van der Waals surface area (Å²) in [4.78, 5) is 28.0. The molecule has 4 rings (SSSR count). The van der Waals surface area contributed by atoms with Crippen molar-refractivity contribution >= 4 is 11.9 Å². The molecule has 0 aliphatic heterocycles. The van der Waals surface area contributed by atoms with Gasteiger partial charge < -0.3 is 26.4 Å². The molecule has 7 atom stereocenters. The van der Waals surface area contributed by atoms with Gasteiger partial charge in [-0.15, -0.1) is 0 Å². The molecule has 4 aliphatic carbocycles. The van der Waals surface area contributed by atoms with Gasteiger partial charge >= 0.3 is 11.9 Å². The van der Waals surface area contributed by atoms with E-state index in [1.807, 2.05) is 0 Å². The highest BCUT2D eigenvalue weighted by molar-refractivity contribution is 6.32. The van der Waals surface area contributed by atoms with Crippen molar-refractivity contribution in [2.75, 3.05) is 39.3 Å². The zero-order valence-corrected chi connectivity index (χ0v) is 29.4. The van der Waals surface area contributed by atoms with Gasteiger partial charge in [-0.2, -0.15) is 0 Å². The number of carbonyl (C=O) groups is 2. The molecule has 1 amide bonds. The molecular weight excluding hydrogens is 560 g/mol. The molecule has 0 heterocycles. The van der Waals surface area contributed by atoms with E-state index in [9.17, 15) is 9.59 Å². The fourth-order valence-corrected chi connectivity index (χ4v) is 10.1. The van der Waals surface area contributed by atoms with Gasteiger partial charge in [-0.1, -0.05) is 58.6 Å². The Balaban J connectivity index is 1.30. The summed E-state index contributed by atoms with van der Waals surface area (Å²) in [5.74, 6) is 2.93. The van der Waals surface area contributed by atoms with Crippen LogP contribution in [0.25, 0.3) is 0 Å². The molecule has 7 nitrogen and oxygen atoms in total. The third-order valence-corrected chi connectivity index (χ3v) is 12.8. The number of nitrogens with zero attached hydrogens (tertiary/aromatic N) is 1. The smallest absolute Gasteiger partial charge is 0.397 e. The van der Waals surface area contributed by atoms with Crippen LogP contribution in [0.15, 0.2) is 11.6 Å². The highest BCUT2D eigenvalue weighted by atomic mass is 16.5. The Labute approximate surface area is 275 Å². The maximum atomic E-state index is 13.2. The number of amides is 1. The van der Waals surface area contributed by atoms with Crippen molar-refractivity contribution < 1.29 is 14.3 Å². The summed E-state index contributed by atoms with van der Waals surface area (Å²) in [5.41, 5.74) is 13.5. The van der Waals surface area contributed by atoms with Crippen LogP contribution < -0.4 is 16.8 Å². The van der Waals surface area contributed by atoms with E-state index < -0.39 is 11.9 Å². The molecule has 7 heteroatoms. The SMILES string of the molecule is CC(C)CCCCC1CCC2C3CC=C4CC(OC(=O)C(=O)N(CCCN)CCCCNCCCN)CCC4(C)C3CCC12C. The summed E-state index contributed by atoms with van der Waals surface area (Å²) in [6.07, 6.45) is 20.8. The topological polar surface area (TPSA) is 111 Å². The Bertz CT molecular complexity index is 984. The summed E-state index contributed by atoms with van der Waals surface area (Å²) in [6, 6.07) is 0. The predicted octanol–water partition coefficient (Wildman–Crippen LogP) is 6.59. The minimum absolute atomic E-state index is 0.198. The minimum atomic E-state index is -0.685. The number of fused-ring (bicyclic) bond motifs is 5. The Hall–Kier alpha value is -1.44. The first kappa shape index (κ1) is 36.4. The van der Waals surface area contributed by atoms with Crippen LogP contribution in [0.5, 0.6) is 0 Å². The first-order chi connectivity index (χ1) is 21.6. The summed E-state index contributed by atoms with van der Waals surface area (Å²) in [6.45, 7) is 13.9. The Kier molecular flexibility index (Phi) is 13.8. The fourth-order valence-electron chi connectivity index (χ4n) is 10.1. The van der Waals surface area contributed by atoms with Crippen molar-refractivity contribution in [1.82, 2.24) is 10.2 Å². The first-order valence-corrected chi connectivity index (χ1v) is 18.9. The number of hydrogen-bond donors (Lipinski definition) is 3. The Morgan fingerprint density at radius 2 is 1.69 bits per heavy atom. The average molecular weight is 629 g/mol. The molecule has 0 aromatic carbocycles. The van der Waals surface area contributed by atoms with E-state index in [1.165, 1.54) is 63.4 Å². The zero-order valence-electron chi connectivity index (χ0n) is 29.4. The lowest BCUT2D eigenvalue weighted by Crippen LogP contribution is -2.50. The van der Waals surface area contributed by atoms with E-state index in [4.69, 9.17) is 16.2 Å². The van der Waals surface area contributed by atoms with Crippen LogP contribution in [0, 0.1) is 40.4 Å². The molecule has 0 radical (unpaired) electrons. The van der Waals surface area contributed by atoms with Gasteiger partial charge in [-0.05, 0) is 144 Å². The molecule has 0 saturated heterocycles. The second-order valence-corrected chi connectivity index (χ2v) is 16.1. The Morgan fingerprint density at radius 3 is 2.44 bits per heavy atom. The quantitative estimate of drug-likeness (QED) is 0.0726. The van der Waals surface area contributed by atoms with Gasteiger partial charge in [0.25, 0.3) is 0 Å². The Morgan fingerprint density at radius 1 is 0.933 bits per heavy atom. The summed E-state index contributed by atoms with van der Waals surface area (Å²) in [5, 5.41) is 3.38. The summed E-state index contributed by atoms with van der Waals surface area (Å²) in [7, 11) is 0. The number of allylic oxidation sites excluding steroid dienone is 1. The van der Waals surface area contributed by atoms with Crippen LogP contribution >= 0.6 is 0 Å². The molecule has 4 aliphatic rings. The van der Waals surface area contributed by atoms with Crippen molar-refractivity contribution in [2.24, 2.45) is 51.9 Å². The van der Waals surface area contributed by atoms with E-state index in [2.05, 4.69) is 39.1 Å². The monoisotopic (exact) mass is 629 g/mol. The van der Waals surface area contributed by atoms with E-state index >= 15 is 0 Å². The summed E-state index contributed by atoms with van der Waals surface area (Å²) < 4.78 is 5.95. The van der Waals surface area contributed by atoms with E-state index in [-0.39, 0.29) is 11.5 Å². The maximum absolute atomic E-state index is 13.2. The van der Waals surface area contributed by atoms with E-state index in [1.54, 1.807) is 4.90 Å². The van der Waals surface area contributed by atoms with Gasteiger partial charge in [0.15, 0.2) is 0 Å². The lowest BCUT2D eigenvalue weighted by atomic mass is 9.47. The molecule has 3 fully saturated rings. The van der Waals surface area contributed by atoms with E-state index in [0.717, 1.165) is 81.2 Å². The van der Waals surface area contributed by atoms with Gasteiger partial charge in [0.2, 0.25) is 0 Å². The number of unbranched alkanes of at least 4 members (excludes halogenated alkanes) is 2. The fraction of sp³-hybridized carbons (Fsp3) is 0.895. The molecule has 258 valence electrons. The van der Waals surface area contributed by atoms with Crippen LogP contribution in [0.1, 0.15) is 130 Å². The predicted molar refractivity (Wildman–Crippen MR) is 184 cm³/mol. The number of hydrogen-bond acceptors (Lipinski definition) is 6. The van der Waals surface area contributed by atoms with Crippen LogP contribution in [0.3, 0.4) is 0 Å². The first-order valence-electron chi connectivity index (χ1n) is 18.9. The largest absolute Gasteiger partial charge is 0.455 e. The number of carbonyl (C=O) groups excluding carboxylic acids is 2. The standard InChI is InChI=1S/C38H68N4O3/c1-28(2)11-5-6-12-29-14-16-33-32-15-13-30-27-31(17-19-38(30,4)34(32)18-20-37(29,33)3)45-36(44)35(43)42(26-10-22-40)25-8-7-23-41-24-9-21-39/h13,28-29,31-34,41H,5-12,14-27,39-40H2,1-4H3. The molecule has 0 aromatic rings. The highest BCUT2D eigenvalue weighted by Crippen LogP contribution is 2.66. The average Bonchev–Trinajstić information content (AvgIpc) is 3.36. The molecule has 0 aromatic heterocycles. The van der Waals surface area contributed by atoms with Gasteiger partial charge in [0.1, 0.15) is 6.10 Å². The highest BCUT2D eigenvalue weighted by Gasteiger charge is 2.58. The molecule has 3 saturated carbocycles. The van der Waals surface area contributed by atoms with Crippen molar-refractivity contribution in [2.45, 2.75) is 137 Å². The van der Waals surface area contributed by atoms with Crippen molar-refractivity contribution in [1.29, 1.82) is 0 Å². The third kappa shape index (κ3) is 8.93. The number of nitrogens with two attached hydrogens (primary N) is 2. The number of rotatable bonds is 17. The van der Waals surface area contributed by atoms with Crippen LogP contribution in [0.4, 0.5) is 0 Å². The van der Waals surface area contributed by atoms with Gasteiger partial charge in [-0.25, -0.2) is 4.79 Å². The number of nitrogens with one attached hydrogen (secondary N) is 1. The summed E-state index contributed by atoms with van der Waals surface area (Å²) >= 11 is 0. The molecule has 45 heavy (non-hydrogen) atoms. The second-order valence-electron chi connectivity index (χ2n) is 16.1. The molecule has 7 unspecified atom stereocenters. The second kappa shape index (κ2) is 17.1. The number of esters is 1. The van der Waals surface area contributed by atoms with Gasteiger partial charge in [-0.3, -0.25) is 4.79 Å². The number of ether oxygens (including phenoxy) is 1. The minimum Gasteiger partial charge on any atom is -0.455 e. The maximum Gasteiger partial charge on any atom is 0.397 e. The molecular formula is C38H68N4O3. The lowest BCUT2D eigenvalue weighted by Gasteiger charge is -2.58. The van der Waals surface area contributed by atoms with Crippen molar-refractivity contribution in [3.05, 3.63) is 11.6 Å². The normalized spacial score (nSPS) is 32.4. The lowest BCUT2D eigenvalue weighted by molar-refractivity contribution is -0.165. The van der Waals surface area contributed by atoms with Crippen molar-refractivity contribution in [3.8, 4) is 0 Å². The van der Waals surface area contributed by atoms with Crippen LogP contribution in [-0.4, -0.2) is 62.1 Å². The molecule has 0 bridgehead atoms. The van der Waals surface area contributed by atoms with Gasteiger partial charge in [0.05, 0.1) is 0 Å². The van der Waals surface area contributed by atoms with Crippen LogP contribution in [0.2, 0.25) is 0 Å².